The maximum Gasteiger partial charge on any atom is 0.342 e. The van der Waals surface area contributed by atoms with Crippen molar-refractivity contribution in [3.05, 3.63) is 33.9 Å². The molecule has 0 spiro atoms. The summed E-state index contributed by atoms with van der Waals surface area (Å²) in [6.07, 6.45) is -0.696. The van der Waals surface area contributed by atoms with Gasteiger partial charge in [0.15, 0.2) is 11.5 Å². The molecule has 1 aromatic heterocycles. The Bertz CT molecular complexity index is 1060. The molecule has 3 rings (SSSR count). The third kappa shape index (κ3) is 8.85. The summed E-state index contributed by atoms with van der Waals surface area (Å²) < 4.78 is 36.7. The van der Waals surface area contributed by atoms with Crippen LogP contribution in [0.5, 0.6) is 17.4 Å². The molecule has 14 nitrogen and oxygen atoms in total. The van der Waals surface area contributed by atoms with Gasteiger partial charge < -0.3 is 38.7 Å². The highest BCUT2D eigenvalue weighted by Crippen LogP contribution is 2.32. The zero-order valence-corrected chi connectivity index (χ0v) is 22.7. The monoisotopic (exact) mass is 555 g/mol. The van der Waals surface area contributed by atoms with Crippen LogP contribution in [0.2, 0.25) is 0 Å². The maximum atomic E-state index is 13.3. The van der Waals surface area contributed by atoms with Gasteiger partial charge in [0, 0.05) is 25.2 Å². The number of nitrogens with zero attached hydrogens (tertiary/aromatic N) is 4. The summed E-state index contributed by atoms with van der Waals surface area (Å²) in [5.74, 6) is 0.680. The molecule has 0 unspecified atom stereocenters. The van der Waals surface area contributed by atoms with Crippen LogP contribution in [-0.4, -0.2) is 91.2 Å². The van der Waals surface area contributed by atoms with Gasteiger partial charge in [0.25, 0.3) is 11.0 Å². The van der Waals surface area contributed by atoms with Crippen molar-refractivity contribution in [1.29, 1.82) is 0 Å². The number of carbonyl (C=O) groups excluding carboxylic acids is 1. The first kappa shape index (κ1) is 29.1. The molecule has 1 aliphatic heterocycles. The van der Waals surface area contributed by atoms with Gasteiger partial charge in [-0.05, 0) is 32.9 Å². The Kier molecular flexibility index (Phi) is 10.7. The zero-order valence-electron chi connectivity index (χ0n) is 21.8. The summed E-state index contributed by atoms with van der Waals surface area (Å²) in [6.45, 7) is 8.35. The molecule has 0 amide bonds. The minimum Gasteiger partial charge on any atom is -0.493 e. The van der Waals surface area contributed by atoms with Crippen LogP contribution in [0.3, 0.4) is 0 Å². The predicted octanol–water partition coefficient (Wildman–Crippen LogP) is 1.96. The summed E-state index contributed by atoms with van der Waals surface area (Å²) in [5.41, 5.74) is -0.150. The van der Waals surface area contributed by atoms with Crippen molar-refractivity contribution in [3.63, 3.8) is 0 Å². The molecule has 1 fully saturated rings. The number of morpholine rings is 1. The third-order valence-electron chi connectivity index (χ3n) is 5.24. The minimum absolute atomic E-state index is 0.0222. The Hall–Kier alpha value is -3.43. The second-order valence-corrected chi connectivity index (χ2v) is 9.73. The van der Waals surface area contributed by atoms with E-state index in [4.69, 9.17) is 23.7 Å². The minimum atomic E-state index is -0.921. The quantitative estimate of drug-likeness (QED) is 0.156. The topological polar surface area (TPSA) is 157 Å². The first-order valence-corrected chi connectivity index (χ1v) is 12.7. The van der Waals surface area contributed by atoms with Crippen LogP contribution in [0.1, 0.15) is 31.1 Å². The molecular weight excluding hydrogens is 522 g/mol. The van der Waals surface area contributed by atoms with Crippen molar-refractivity contribution in [2.24, 2.45) is 0 Å². The van der Waals surface area contributed by atoms with E-state index in [1.54, 1.807) is 12.1 Å². The number of aromatic nitrogens is 2. The number of methoxy groups -OCH3 is 1. The van der Waals surface area contributed by atoms with Gasteiger partial charge in [0.05, 0.1) is 32.1 Å². The number of ether oxygens (including phenoxy) is 5. The lowest BCUT2D eigenvalue weighted by molar-refractivity contribution is -0.757. The number of nitrogens with one attached hydrogen (secondary N) is 1. The lowest BCUT2D eigenvalue weighted by Gasteiger charge is -2.28. The Morgan fingerprint density at radius 1 is 1.24 bits per heavy atom. The lowest BCUT2D eigenvalue weighted by Crippen LogP contribution is -2.44. The van der Waals surface area contributed by atoms with Crippen molar-refractivity contribution in [3.8, 4) is 17.4 Å². The van der Waals surface area contributed by atoms with E-state index in [0.717, 1.165) is 11.7 Å². The second kappa shape index (κ2) is 13.9. The fourth-order valence-electron chi connectivity index (χ4n) is 3.42. The van der Waals surface area contributed by atoms with E-state index in [1.807, 2.05) is 25.7 Å². The molecule has 210 valence electrons. The number of para-hydroxylation sites is 1. The SMILES string of the molecule is COc1cccc(C(=O)O[C@@H](CNC(C)(C)C)COc2nsnc2N2CCOCC2)c1OCCO[N+](=O)[O-]. The summed E-state index contributed by atoms with van der Waals surface area (Å²) in [5, 5.41) is 12.8. The number of hydrogen-bond donors (Lipinski definition) is 1. The van der Waals surface area contributed by atoms with Gasteiger partial charge in [0.2, 0.25) is 5.82 Å². The largest absolute Gasteiger partial charge is 0.493 e. The summed E-state index contributed by atoms with van der Waals surface area (Å²) >= 11 is 1.04. The van der Waals surface area contributed by atoms with Crippen LogP contribution < -0.4 is 24.4 Å². The van der Waals surface area contributed by atoms with Crippen molar-refractivity contribution < 1.29 is 38.4 Å². The highest BCUT2D eigenvalue weighted by molar-refractivity contribution is 6.99. The Balaban J connectivity index is 1.72. The van der Waals surface area contributed by atoms with E-state index in [9.17, 15) is 14.9 Å². The van der Waals surface area contributed by atoms with Gasteiger partial charge in [-0.3, -0.25) is 0 Å². The summed E-state index contributed by atoms with van der Waals surface area (Å²) in [4.78, 5) is 30.0. The molecule has 2 heterocycles. The molecule has 2 aromatic rings. The van der Waals surface area contributed by atoms with E-state index in [0.29, 0.717) is 44.5 Å². The fraction of sp³-hybridized carbons (Fsp3) is 0.609. The third-order valence-corrected chi connectivity index (χ3v) is 5.74. The number of anilines is 1. The Morgan fingerprint density at radius 3 is 2.68 bits per heavy atom. The maximum absolute atomic E-state index is 13.3. The Morgan fingerprint density at radius 2 is 2.00 bits per heavy atom. The second-order valence-electron chi connectivity index (χ2n) is 9.20. The van der Waals surface area contributed by atoms with Gasteiger partial charge in [-0.25, -0.2) is 4.79 Å². The summed E-state index contributed by atoms with van der Waals surface area (Å²) in [7, 11) is 1.42. The average Bonchev–Trinajstić information content (AvgIpc) is 3.36. The van der Waals surface area contributed by atoms with Crippen LogP contribution in [0, 0.1) is 10.1 Å². The number of esters is 1. The van der Waals surface area contributed by atoms with E-state index in [2.05, 4.69) is 18.9 Å². The van der Waals surface area contributed by atoms with Crippen molar-refractivity contribution >= 4 is 23.5 Å². The van der Waals surface area contributed by atoms with Crippen molar-refractivity contribution in [2.45, 2.75) is 32.4 Å². The van der Waals surface area contributed by atoms with Crippen LogP contribution in [0.4, 0.5) is 5.82 Å². The van der Waals surface area contributed by atoms with Gasteiger partial charge in [-0.1, -0.05) is 6.07 Å². The summed E-state index contributed by atoms with van der Waals surface area (Å²) in [6, 6.07) is 4.74. The lowest BCUT2D eigenvalue weighted by atomic mass is 10.1. The first-order valence-electron chi connectivity index (χ1n) is 12.0. The van der Waals surface area contributed by atoms with Crippen LogP contribution in [-0.2, 0) is 14.3 Å². The zero-order chi connectivity index (χ0) is 27.5. The van der Waals surface area contributed by atoms with Crippen LogP contribution in [0.25, 0.3) is 0 Å². The molecule has 0 radical (unpaired) electrons. The molecule has 0 bridgehead atoms. The number of benzene rings is 1. The number of rotatable bonds is 14. The van der Waals surface area contributed by atoms with E-state index < -0.39 is 17.2 Å². The molecule has 0 saturated carbocycles. The van der Waals surface area contributed by atoms with Crippen LogP contribution in [0.15, 0.2) is 18.2 Å². The molecular formula is C23H33N5O9S. The smallest absolute Gasteiger partial charge is 0.342 e. The molecule has 1 saturated heterocycles. The molecule has 1 atom stereocenters. The molecule has 38 heavy (non-hydrogen) atoms. The number of carbonyl (C=O) groups is 1. The van der Waals surface area contributed by atoms with E-state index in [-0.39, 0.29) is 42.4 Å². The first-order chi connectivity index (χ1) is 18.2. The highest BCUT2D eigenvalue weighted by atomic mass is 32.1. The molecule has 15 heteroatoms. The highest BCUT2D eigenvalue weighted by Gasteiger charge is 2.26. The normalized spacial score (nSPS) is 14.5. The van der Waals surface area contributed by atoms with Crippen LogP contribution >= 0.6 is 11.7 Å². The van der Waals surface area contributed by atoms with Gasteiger partial charge >= 0.3 is 5.97 Å². The molecule has 1 N–H and O–H groups in total. The standard InChI is InChI=1S/C23H33N5O9S/c1-23(2,3)24-14-16(15-35-21-20(25-38-26-21)27-8-10-33-11-9-27)37-22(29)17-6-5-7-18(32-4)19(17)34-12-13-36-28(30)31/h5-7,16,24H,8-15H2,1-4H3/t16-/m0/s1. The van der Waals surface area contributed by atoms with Crippen molar-refractivity contribution in [2.75, 3.05) is 64.7 Å². The fourth-order valence-corrected chi connectivity index (χ4v) is 3.94. The average molecular weight is 556 g/mol. The van der Waals surface area contributed by atoms with Crippen molar-refractivity contribution in [1.82, 2.24) is 14.1 Å². The Labute approximate surface area is 224 Å². The van der Waals surface area contributed by atoms with Gasteiger partial charge in [0.1, 0.15) is 31.5 Å². The molecule has 1 aliphatic rings. The van der Waals surface area contributed by atoms with E-state index >= 15 is 0 Å². The van der Waals surface area contributed by atoms with E-state index in [1.165, 1.54) is 13.2 Å². The van der Waals surface area contributed by atoms with Gasteiger partial charge in [-0.2, -0.15) is 4.37 Å². The predicted molar refractivity (Wildman–Crippen MR) is 137 cm³/mol. The van der Waals surface area contributed by atoms with Gasteiger partial charge in [-0.15, -0.1) is 14.5 Å². The number of hydrogen-bond acceptors (Lipinski definition) is 14. The molecule has 0 aliphatic carbocycles. The molecule has 1 aromatic carbocycles.